The molecule has 6 heteroatoms. The third-order valence-electron chi connectivity index (χ3n) is 2.49. The van der Waals surface area contributed by atoms with Gasteiger partial charge in [0.25, 0.3) is 0 Å². The van der Waals surface area contributed by atoms with Crippen molar-refractivity contribution in [3.63, 3.8) is 0 Å². The molecule has 0 spiro atoms. The summed E-state index contributed by atoms with van der Waals surface area (Å²) in [5.74, 6) is 6.05. The number of hydrogen-bond donors (Lipinski definition) is 2. The molecule has 0 aromatic heterocycles. The summed E-state index contributed by atoms with van der Waals surface area (Å²) in [6.07, 6.45) is -2.70. The van der Waals surface area contributed by atoms with Crippen LogP contribution in [0.25, 0.3) is 0 Å². The van der Waals surface area contributed by atoms with Crippen molar-refractivity contribution in [1.29, 1.82) is 0 Å². The van der Waals surface area contributed by atoms with Gasteiger partial charge in [0, 0.05) is 12.1 Å². The van der Waals surface area contributed by atoms with Gasteiger partial charge in [-0.05, 0) is 25.1 Å². The maximum atomic E-state index is 12.6. The first-order valence-corrected chi connectivity index (χ1v) is 6.76. The Labute approximate surface area is 128 Å². The monoisotopic (exact) mass is 309 g/mol. The van der Waals surface area contributed by atoms with Crippen molar-refractivity contribution in [2.45, 2.75) is 13.1 Å². The van der Waals surface area contributed by atoms with Crippen LogP contribution in [0.15, 0.2) is 41.9 Å². The Morgan fingerprint density at radius 3 is 2.77 bits per heavy atom. The molecule has 0 radical (unpaired) electrons. The summed E-state index contributed by atoms with van der Waals surface area (Å²) in [4.78, 5) is 4.18. The lowest BCUT2D eigenvalue weighted by Gasteiger charge is -2.07. The van der Waals surface area contributed by atoms with E-state index in [2.05, 4.69) is 34.0 Å². The molecule has 0 atom stereocenters. The first-order chi connectivity index (χ1) is 10.5. The fourth-order valence-electron chi connectivity index (χ4n) is 1.55. The number of nitrogens with one attached hydrogen (secondary N) is 2. The molecule has 1 aromatic carbocycles. The first-order valence-electron chi connectivity index (χ1n) is 6.76. The van der Waals surface area contributed by atoms with Crippen LogP contribution in [-0.2, 0) is 6.18 Å². The second-order valence-electron chi connectivity index (χ2n) is 4.24. The van der Waals surface area contributed by atoms with Gasteiger partial charge in [-0.15, -0.1) is 6.58 Å². The van der Waals surface area contributed by atoms with E-state index in [0.717, 1.165) is 12.1 Å². The summed E-state index contributed by atoms with van der Waals surface area (Å²) in [6.45, 7) is 6.95. The number of rotatable bonds is 4. The van der Waals surface area contributed by atoms with Crippen LogP contribution in [0.5, 0.6) is 0 Å². The van der Waals surface area contributed by atoms with Crippen LogP contribution in [0, 0.1) is 11.8 Å². The van der Waals surface area contributed by atoms with Crippen molar-refractivity contribution in [1.82, 2.24) is 10.6 Å². The molecule has 0 saturated heterocycles. The van der Waals surface area contributed by atoms with E-state index in [1.54, 1.807) is 12.1 Å². The standard InChI is InChI=1S/C16H18F3N3/c1-3-10-21-15(20-4-2)22-11-6-8-13-7-5-9-14(12-13)16(17,18)19/h3,5,7,9,12H,1,4,10-11H2,2H3,(H2,20,21,22). The maximum Gasteiger partial charge on any atom is 0.416 e. The molecule has 0 aliphatic carbocycles. The Morgan fingerprint density at radius 2 is 2.14 bits per heavy atom. The van der Waals surface area contributed by atoms with E-state index >= 15 is 0 Å². The summed E-state index contributed by atoms with van der Waals surface area (Å²) in [7, 11) is 0. The minimum Gasteiger partial charge on any atom is -0.357 e. The Kier molecular flexibility index (Phi) is 7.03. The van der Waals surface area contributed by atoms with E-state index in [1.165, 1.54) is 6.07 Å². The van der Waals surface area contributed by atoms with Crippen molar-refractivity contribution in [2.24, 2.45) is 4.99 Å². The Morgan fingerprint density at radius 1 is 1.36 bits per heavy atom. The highest BCUT2D eigenvalue weighted by molar-refractivity contribution is 5.80. The zero-order valence-corrected chi connectivity index (χ0v) is 12.3. The summed E-state index contributed by atoms with van der Waals surface area (Å²) in [6, 6.07) is 4.94. The van der Waals surface area contributed by atoms with E-state index in [1.807, 2.05) is 6.92 Å². The molecule has 0 aliphatic rings. The highest BCUT2D eigenvalue weighted by Gasteiger charge is 2.30. The van der Waals surface area contributed by atoms with Crippen molar-refractivity contribution in [3.8, 4) is 11.8 Å². The second-order valence-corrected chi connectivity index (χ2v) is 4.24. The predicted octanol–water partition coefficient (Wildman–Crippen LogP) is 2.80. The Balaban J connectivity index is 2.65. The van der Waals surface area contributed by atoms with Crippen LogP contribution in [0.2, 0.25) is 0 Å². The third-order valence-corrected chi connectivity index (χ3v) is 2.49. The van der Waals surface area contributed by atoms with Gasteiger partial charge in [0.15, 0.2) is 5.96 Å². The molecule has 1 rings (SSSR count). The summed E-state index contributed by atoms with van der Waals surface area (Å²) in [5.41, 5.74) is -0.377. The largest absolute Gasteiger partial charge is 0.416 e. The van der Waals surface area contributed by atoms with E-state index in [-0.39, 0.29) is 6.54 Å². The predicted molar refractivity (Wildman–Crippen MR) is 82.5 cm³/mol. The Hall–Kier alpha value is -2.42. The van der Waals surface area contributed by atoms with E-state index in [0.29, 0.717) is 24.6 Å². The van der Waals surface area contributed by atoms with Gasteiger partial charge < -0.3 is 10.6 Å². The van der Waals surface area contributed by atoms with Gasteiger partial charge in [0.05, 0.1) is 18.7 Å². The zero-order valence-electron chi connectivity index (χ0n) is 12.3. The smallest absolute Gasteiger partial charge is 0.357 e. The highest BCUT2D eigenvalue weighted by atomic mass is 19.4. The molecular weight excluding hydrogens is 291 g/mol. The van der Waals surface area contributed by atoms with Crippen LogP contribution >= 0.6 is 0 Å². The van der Waals surface area contributed by atoms with Gasteiger partial charge in [-0.3, -0.25) is 0 Å². The molecule has 3 nitrogen and oxygen atoms in total. The average molecular weight is 309 g/mol. The molecule has 0 bridgehead atoms. The van der Waals surface area contributed by atoms with Crippen molar-refractivity contribution in [2.75, 3.05) is 19.6 Å². The number of hydrogen-bond acceptors (Lipinski definition) is 1. The SMILES string of the molecule is C=CCN=C(NCC)NCC#Cc1cccc(C(F)(F)F)c1. The molecule has 22 heavy (non-hydrogen) atoms. The van der Waals surface area contributed by atoms with E-state index in [4.69, 9.17) is 0 Å². The lowest BCUT2D eigenvalue weighted by Crippen LogP contribution is -2.37. The molecule has 2 N–H and O–H groups in total. The molecule has 0 aliphatic heterocycles. The van der Waals surface area contributed by atoms with E-state index in [9.17, 15) is 13.2 Å². The normalized spacial score (nSPS) is 11.4. The highest BCUT2D eigenvalue weighted by Crippen LogP contribution is 2.29. The van der Waals surface area contributed by atoms with Crippen molar-refractivity contribution >= 4 is 5.96 Å². The molecule has 118 valence electrons. The van der Waals surface area contributed by atoms with Gasteiger partial charge in [-0.1, -0.05) is 24.0 Å². The Bertz CT molecular complexity index is 580. The zero-order chi connectivity index (χ0) is 16.4. The number of alkyl halides is 3. The van der Waals surface area contributed by atoms with Gasteiger partial charge in [-0.2, -0.15) is 13.2 Å². The number of halogens is 3. The average Bonchev–Trinajstić information content (AvgIpc) is 2.48. The molecule has 0 fully saturated rings. The van der Waals surface area contributed by atoms with Crippen molar-refractivity contribution in [3.05, 3.63) is 48.0 Å². The molecule has 0 heterocycles. The maximum absolute atomic E-state index is 12.6. The van der Waals surface area contributed by atoms with Gasteiger partial charge in [-0.25, -0.2) is 4.99 Å². The van der Waals surface area contributed by atoms with Gasteiger partial charge >= 0.3 is 6.18 Å². The van der Waals surface area contributed by atoms with Crippen LogP contribution in [0.1, 0.15) is 18.1 Å². The molecule has 0 saturated carbocycles. The van der Waals surface area contributed by atoms with E-state index < -0.39 is 11.7 Å². The fraction of sp³-hybridized carbons (Fsp3) is 0.312. The van der Waals surface area contributed by atoms with Crippen LogP contribution < -0.4 is 10.6 Å². The van der Waals surface area contributed by atoms with Crippen LogP contribution in [0.3, 0.4) is 0 Å². The fourth-order valence-corrected chi connectivity index (χ4v) is 1.55. The van der Waals surface area contributed by atoms with Crippen LogP contribution in [-0.4, -0.2) is 25.6 Å². The lowest BCUT2D eigenvalue weighted by molar-refractivity contribution is -0.137. The lowest BCUT2D eigenvalue weighted by atomic mass is 10.1. The van der Waals surface area contributed by atoms with Gasteiger partial charge in [0.2, 0.25) is 0 Å². The summed E-state index contributed by atoms with van der Waals surface area (Å²) >= 11 is 0. The summed E-state index contributed by atoms with van der Waals surface area (Å²) < 4.78 is 37.7. The number of guanidine groups is 1. The minimum atomic E-state index is -4.36. The molecule has 1 aromatic rings. The topological polar surface area (TPSA) is 36.4 Å². The van der Waals surface area contributed by atoms with Gasteiger partial charge in [0.1, 0.15) is 0 Å². The number of benzene rings is 1. The minimum absolute atomic E-state index is 0.277. The first kappa shape index (κ1) is 17.6. The summed E-state index contributed by atoms with van der Waals surface area (Å²) in [5, 5.41) is 5.99. The number of aliphatic imine (C=N–C) groups is 1. The third kappa shape index (κ3) is 6.35. The van der Waals surface area contributed by atoms with Crippen molar-refractivity contribution < 1.29 is 13.2 Å². The van der Waals surface area contributed by atoms with Crippen LogP contribution in [0.4, 0.5) is 13.2 Å². The quantitative estimate of drug-likeness (QED) is 0.388. The number of nitrogens with zero attached hydrogens (tertiary/aromatic N) is 1. The molecule has 0 unspecified atom stereocenters. The molecule has 0 amide bonds. The second kappa shape index (κ2) is 8.78. The molecular formula is C16H18F3N3.